The number of hydrogen-bond acceptors (Lipinski definition) is 5. The molecule has 1 aliphatic rings. The first-order chi connectivity index (χ1) is 10.1. The fourth-order valence-electron chi connectivity index (χ4n) is 2.42. The Morgan fingerprint density at radius 2 is 2.33 bits per heavy atom. The normalized spacial score (nSPS) is 18.7. The molecule has 0 radical (unpaired) electrons. The maximum Gasteiger partial charge on any atom is 0.308 e. The van der Waals surface area contributed by atoms with Crippen molar-refractivity contribution in [3.05, 3.63) is 29.7 Å². The van der Waals surface area contributed by atoms with Crippen molar-refractivity contribution in [3.8, 4) is 10.6 Å². The number of thiazole rings is 1. The summed E-state index contributed by atoms with van der Waals surface area (Å²) >= 11 is 1.37. The number of nitrogens with zero attached hydrogens (tertiary/aromatic N) is 2. The lowest BCUT2D eigenvalue weighted by Gasteiger charge is -2.30. The highest BCUT2D eigenvalue weighted by atomic mass is 32.1. The molecule has 1 amide bonds. The number of amides is 1. The molecule has 1 saturated heterocycles. The van der Waals surface area contributed by atoms with Gasteiger partial charge in [-0.15, -0.1) is 11.3 Å². The molecule has 2 aromatic heterocycles. The first-order valence-electron chi connectivity index (χ1n) is 6.65. The number of carboxylic acid groups (broad SMARTS) is 1. The SMILES string of the molecule is O=C(O)[C@@H]1CCCN(C(=O)c2csc(-c3ccoc3)n2)C1. The van der Waals surface area contributed by atoms with Gasteiger partial charge in [-0.1, -0.05) is 0 Å². The van der Waals surface area contributed by atoms with E-state index in [0.29, 0.717) is 25.1 Å². The van der Waals surface area contributed by atoms with E-state index < -0.39 is 11.9 Å². The zero-order chi connectivity index (χ0) is 14.8. The topological polar surface area (TPSA) is 83.6 Å². The van der Waals surface area contributed by atoms with E-state index in [2.05, 4.69) is 4.98 Å². The van der Waals surface area contributed by atoms with Crippen LogP contribution in [0, 0.1) is 5.92 Å². The first kappa shape index (κ1) is 13.8. The second kappa shape index (κ2) is 5.69. The molecule has 1 N–H and O–H groups in total. The van der Waals surface area contributed by atoms with Gasteiger partial charge in [-0.25, -0.2) is 4.98 Å². The van der Waals surface area contributed by atoms with Crippen molar-refractivity contribution in [3.63, 3.8) is 0 Å². The van der Waals surface area contributed by atoms with Crippen molar-refractivity contribution >= 4 is 23.2 Å². The Balaban J connectivity index is 1.74. The summed E-state index contributed by atoms with van der Waals surface area (Å²) in [6.45, 7) is 0.841. The number of furan rings is 1. The lowest BCUT2D eigenvalue weighted by atomic mass is 9.98. The number of rotatable bonds is 3. The third-order valence-corrected chi connectivity index (χ3v) is 4.44. The lowest BCUT2D eigenvalue weighted by Crippen LogP contribution is -2.42. The first-order valence-corrected chi connectivity index (χ1v) is 7.53. The monoisotopic (exact) mass is 306 g/mol. The minimum atomic E-state index is -0.843. The summed E-state index contributed by atoms with van der Waals surface area (Å²) < 4.78 is 5.00. The predicted octanol–water partition coefficient (Wildman–Crippen LogP) is 2.34. The standard InChI is InChI=1S/C14H14N2O4S/c17-13(16-4-1-2-9(6-16)14(18)19)11-8-21-12(15-11)10-3-5-20-7-10/h3,5,7-9H,1-2,4,6H2,(H,18,19)/t9-/m1/s1. The van der Waals surface area contributed by atoms with Crippen LogP contribution in [-0.4, -0.2) is 40.0 Å². The average molecular weight is 306 g/mol. The maximum atomic E-state index is 12.4. The molecule has 1 fully saturated rings. The molecule has 0 aliphatic carbocycles. The highest BCUT2D eigenvalue weighted by molar-refractivity contribution is 7.13. The van der Waals surface area contributed by atoms with Gasteiger partial charge in [0.25, 0.3) is 5.91 Å². The van der Waals surface area contributed by atoms with E-state index in [1.54, 1.807) is 28.9 Å². The molecular weight excluding hydrogens is 292 g/mol. The molecular formula is C14H14N2O4S. The van der Waals surface area contributed by atoms with Gasteiger partial charge in [0.1, 0.15) is 17.0 Å². The molecule has 2 aromatic rings. The van der Waals surface area contributed by atoms with Gasteiger partial charge in [0.15, 0.2) is 0 Å². The van der Waals surface area contributed by atoms with Crippen LogP contribution in [0.15, 0.2) is 28.4 Å². The molecule has 0 unspecified atom stereocenters. The van der Waals surface area contributed by atoms with Crippen LogP contribution < -0.4 is 0 Å². The highest BCUT2D eigenvalue weighted by Crippen LogP contribution is 2.25. The molecule has 0 spiro atoms. The van der Waals surface area contributed by atoms with Crippen LogP contribution in [0.4, 0.5) is 0 Å². The summed E-state index contributed by atoms with van der Waals surface area (Å²) in [5, 5.41) is 11.5. The Hall–Kier alpha value is -2.15. The molecule has 1 atom stereocenters. The maximum absolute atomic E-state index is 12.4. The van der Waals surface area contributed by atoms with Crippen molar-refractivity contribution in [1.29, 1.82) is 0 Å². The van der Waals surface area contributed by atoms with Gasteiger partial charge in [0.2, 0.25) is 0 Å². The molecule has 21 heavy (non-hydrogen) atoms. The van der Waals surface area contributed by atoms with Crippen LogP contribution in [0.1, 0.15) is 23.3 Å². The average Bonchev–Trinajstić information content (AvgIpc) is 3.17. The Morgan fingerprint density at radius 1 is 1.48 bits per heavy atom. The smallest absolute Gasteiger partial charge is 0.308 e. The van der Waals surface area contributed by atoms with Crippen LogP contribution in [0.3, 0.4) is 0 Å². The van der Waals surface area contributed by atoms with Crippen LogP contribution >= 0.6 is 11.3 Å². The van der Waals surface area contributed by atoms with E-state index in [1.807, 2.05) is 0 Å². The number of carboxylic acids is 1. The molecule has 7 heteroatoms. The van der Waals surface area contributed by atoms with Crippen molar-refractivity contribution in [1.82, 2.24) is 9.88 Å². The number of carbonyl (C=O) groups excluding carboxylic acids is 1. The Kier molecular flexibility index (Phi) is 3.74. The van der Waals surface area contributed by atoms with Crippen molar-refractivity contribution in [2.24, 2.45) is 5.92 Å². The summed E-state index contributed by atoms with van der Waals surface area (Å²) in [7, 11) is 0. The van der Waals surface area contributed by atoms with Crippen LogP contribution in [0.25, 0.3) is 10.6 Å². The Bertz CT molecular complexity index is 650. The fraction of sp³-hybridized carbons (Fsp3) is 0.357. The van der Waals surface area contributed by atoms with Crippen LogP contribution in [-0.2, 0) is 4.79 Å². The number of aliphatic carboxylic acids is 1. The summed E-state index contributed by atoms with van der Waals surface area (Å²) in [6, 6.07) is 1.79. The van der Waals surface area contributed by atoms with Gasteiger partial charge in [-0.05, 0) is 18.9 Å². The summed E-state index contributed by atoms with van der Waals surface area (Å²) in [4.78, 5) is 29.4. The van der Waals surface area contributed by atoms with E-state index in [9.17, 15) is 9.59 Å². The third-order valence-electron chi connectivity index (χ3n) is 3.55. The van der Waals surface area contributed by atoms with E-state index >= 15 is 0 Å². The fourth-order valence-corrected chi connectivity index (χ4v) is 3.20. The minimum Gasteiger partial charge on any atom is -0.481 e. The number of aromatic nitrogens is 1. The molecule has 0 saturated carbocycles. The molecule has 6 nitrogen and oxygen atoms in total. The van der Waals surface area contributed by atoms with Gasteiger partial charge < -0.3 is 14.4 Å². The highest BCUT2D eigenvalue weighted by Gasteiger charge is 2.29. The molecule has 3 heterocycles. The van der Waals surface area contributed by atoms with Gasteiger partial charge in [0.05, 0.1) is 12.2 Å². The molecule has 0 aromatic carbocycles. The number of piperidine rings is 1. The van der Waals surface area contributed by atoms with Gasteiger partial charge in [-0.2, -0.15) is 0 Å². The summed E-state index contributed by atoms with van der Waals surface area (Å²) in [5.74, 6) is -1.52. The molecule has 0 bridgehead atoms. The van der Waals surface area contributed by atoms with E-state index in [-0.39, 0.29) is 12.5 Å². The second-order valence-electron chi connectivity index (χ2n) is 4.98. The quantitative estimate of drug-likeness (QED) is 0.941. The third kappa shape index (κ3) is 2.82. The van der Waals surface area contributed by atoms with Gasteiger partial charge >= 0.3 is 5.97 Å². The van der Waals surface area contributed by atoms with Crippen LogP contribution in [0.5, 0.6) is 0 Å². The number of likely N-dealkylation sites (tertiary alicyclic amines) is 1. The van der Waals surface area contributed by atoms with Crippen molar-refractivity contribution in [2.45, 2.75) is 12.8 Å². The second-order valence-corrected chi connectivity index (χ2v) is 5.84. The zero-order valence-electron chi connectivity index (χ0n) is 11.2. The van der Waals surface area contributed by atoms with E-state index in [0.717, 1.165) is 10.6 Å². The molecule has 110 valence electrons. The molecule has 1 aliphatic heterocycles. The number of hydrogen-bond donors (Lipinski definition) is 1. The van der Waals surface area contributed by atoms with Gasteiger partial charge in [-0.3, -0.25) is 9.59 Å². The number of carbonyl (C=O) groups is 2. The predicted molar refractivity (Wildman–Crippen MR) is 76.1 cm³/mol. The van der Waals surface area contributed by atoms with E-state index in [1.165, 1.54) is 11.3 Å². The van der Waals surface area contributed by atoms with Crippen LogP contribution in [0.2, 0.25) is 0 Å². The Morgan fingerprint density at radius 3 is 3.05 bits per heavy atom. The molecule has 3 rings (SSSR count). The largest absolute Gasteiger partial charge is 0.481 e. The van der Waals surface area contributed by atoms with Gasteiger partial charge in [0, 0.05) is 24.0 Å². The lowest BCUT2D eigenvalue weighted by molar-refractivity contribution is -0.143. The van der Waals surface area contributed by atoms with E-state index in [4.69, 9.17) is 9.52 Å². The van der Waals surface area contributed by atoms with Crippen molar-refractivity contribution < 1.29 is 19.1 Å². The minimum absolute atomic E-state index is 0.202. The summed E-state index contributed by atoms with van der Waals surface area (Å²) in [6.07, 6.45) is 4.46. The Labute approximate surface area is 125 Å². The zero-order valence-corrected chi connectivity index (χ0v) is 12.0. The summed E-state index contributed by atoms with van der Waals surface area (Å²) in [5.41, 5.74) is 1.20. The van der Waals surface area contributed by atoms with Crippen molar-refractivity contribution in [2.75, 3.05) is 13.1 Å².